The predicted molar refractivity (Wildman–Crippen MR) is 119 cm³/mol. The summed E-state index contributed by atoms with van der Waals surface area (Å²) in [7, 11) is 1.26. The summed E-state index contributed by atoms with van der Waals surface area (Å²) in [6, 6.07) is 7.84. The molecular weight excluding hydrogens is 438 g/mol. The summed E-state index contributed by atoms with van der Waals surface area (Å²) in [5.41, 5.74) is -1.96. The van der Waals surface area contributed by atoms with E-state index in [0.29, 0.717) is 28.5 Å². The zero-order valence-corrected chi connectivity index (χ0v) is 18.7. The lowest BCUT2D eigenvalue weighted by Gasteiger charge is -2.31. The van der Waals surface area contributed by atoms with Crippen molar-refractivity contribution in [2.24, 2.45) is 4.99 Å². The van der Waals surface area contributed by atoms with Crippen molar-refractivity contribution in [3.05, 3.63) is 59.3 Å². The minimum atomic E-state index is -5.02. The molecule has 0 aliphatic carbocycles. The van der Waals surface area contributed by atoms with Crippen LogP contribution < -0.4 is 4.74 Å². The Morgan fingerprint density at radius 1 is 1.18 bits per heavy atom. The van der Waals surface area contributed by atoms with E-state index < -0.39 is 29.9 Å². The third kappa shape index (κ3) is 4.98. The Morgan fingerprint density at radius 2 is 1.91 bits per heavy atom. The van der Waals surface area contributed by atoms with E-state index in [4.69, 9.17) is 4.74 Å². The molecule has 0 spiro atoms. The van der Waals surface area contributed by atoms with Crippen molar-refractivity contribution in [3.8, 4) is 5.75 Å². The number of aryl methyl sites for hydroxylation is 2. The fraction of sp³-hybridized carbons (Fsp3) is 0.375. The number of ether oxygens (including phenoxy) is 1. The number of aliphatic hydroxyl groups is 1. The summed E-state index contributed by atoms with van der Waals surface area (Å²) >= 11 is 0. The van der Waals surface area contributed by atoms with Gasteiger partial charge >= 0.3 is 6.18 Å². The molecule has 9 heteroatoms. The minimum absolute atomic E-state index is 0.120. The van der Waals surface area contributed by atoms with Gasteiger partial charge in [0.2, 0.25) is 0 Å². The van der Waals surface area contributed by atoms with Gasteiger partial charge in [-0.15, -0.1) is 0 Å². The first-order chi connectivity index (χ1) is 15.5. The second-order valence-corrected chi connectivity index (χ2v) is 7.94. The number of fused-ring (bicyclic) bond motifs is 1. The Bertz CT molecular complexity index is 1180. The van der Waals surface area contributed by atoms with Crippen molar-refractivity contribution in [2.45, 2.75) is 51.3 Å². The van der Waals surface area contributed by atoms with Gasteiger partial charge in [-0.2, -0.15) is 13.2 Å². The molecule has 1 heterocycles. The number of aromatic nitrogens is 2. The number of hydrogen-bond acceptors (Lipinski definition) is 5. The van der Waals surface area contributed by atoms with Crippen molar-refractivity contribution < 1.29 is 27.4 Å². The van der Waals surface area contributed by atoms with Crippen LogP contribution in [0.25, 0.3) is 10.9 Å². The van der Waals surface area contributed by atoms with Gasteiger partial charge in [0.05, 0.1) is 18.3 Å². The number of alkyl halides is 3. The van der Waals surface area contributed by atoms with Gasteiger partial charge in [0.15, 0.2) is 17.2 Å². The van der Waals surface area contributed by atoms with Crippen molar-refractivity contribution in [1.82, 2.24) is 9.97 Å². The molecular formula is C24H25F4N3O2. The van der Waals surface area contributed by atoms with Crippen molar-refractivity contribution >= 4 is 22.8 Å². The molecule has 176 valence electrons. The molecule has 0 aliphatic heterocycles. The lowest BCUT2D eigenvalue weighted by Crippen LogP contribution is -2.47. The van der Waals surface area contributed by atoms with E-state index >= 15 is 0 Å². The topological polar surface area (TPSA) is 67.6 Å². The second kappa shape index (κ2) is 9.43. The van der Waals surface area contributed by atoms with Crippen LogP contribution >= 0.6 is 0 Å². The van der Waals surface area contributed by atoms with E-state index in [0.717, 1.165) is 0 Å². The summed E-state index contributed by atoms with van der Waals surface area (Å²) in [6.07, 6.45) is -3.58. The number of methoxy groups -OCH3 is 1. The van der Waals surface area contributed by atoms with Gasteiger partial charge in [0, 0.05) is 23.4 Å². The van der Waals surface area contributed by atoms with Crippen LogP contribution in [0, 0.1) is 19.7 Å². The number of aliphatic imine (C=N–C) groups is 1. The van der Waals surface area contributed by atoms with Crippen LogP contribution in [-0.4, -0.2) is 40.2 Å². The zero-order valence-electron chi connectivity index (χ0n) is 18.7. The van der Waals surface area contributed by atoms with Gasteiger partial charge in [-0.1, -0.05) is 25.1 Å². The zero-order chi connectivity index (χ0) is 24.4. The highest BCUT2D eigenvalue weighted by Crippen LogP contribution is 2.42. The SMILES string of the molecule is CCC(CC(O)(C=Nc1cccc2nc(C)ncc12)C(F)(F)F)c1ccc(C)c(F)c1OC. The summed E-state index contributed by atoms with van der Waals surface area (Å²) in [6.45, 7) is 4.90. The van der Waals surface area contributed by atoms with Crippen LogP contribution in [-0.2, 0) is 0 Å². The smallest absolute Gasteiger partial charge is 0.422 e. The summed E-state index contributed by atoms with van der Waals surface area (Å²) in [5, 5.41) is 11.2. The lowest BCUT2D eigenvalue weighted by molar-refractivity contribution is -0.232. The van der Waals surface area contributed by atoms with Crippen LogP contribution in [0.1, 0.15) is 42.6 Å². The average Bonchev–Trinajstić information content (AvgIpc) is 2.76. The van der Waals surface area contributed by atoms with Crippen LogP contribution in [0.4, 0.5) is 23.2 Å². The van der Waals surface area contributed by atoms with Crippen LogP contribution in [0.3, 0.4) is 0 Å². The van der Waals surface area contributed by atoms with Gasteiger partial charge in [0.1, 0.15) is 5.82 Å². The maximum Gasteiger partial charge on any atom is 0.422 e. The molecule has 0 aliphatic rings. The first-order valence-electron chi connectivity index (χ1n) is 10.4. The first-order valence-corrected chi connectivity index (χ1v) is 10.4. The van der Waals surface area contributed by atoms with Gasteiger partial charge < -0.3 is 9.84 Å². The highest BCUT2D eigenvalue weighted by Gasteiger charge is 2.53. The molecule has 33 heavy (non-hydrogen) atoms. The monoisotopic (exact) mass is 463 g/mol. The fourth-order valence-corrected chi connectivity index (χ4v) is 3.71. The Labute approximate surface area is 189 Å². The Hall–Kier alpha value is -3.07. The quantitative estimate of drug-likeness (QED) is 0.346. The number of rotatable bonds is 7. The number of benzene rings is 2. The summed E-state index contributed by atoms with van der Waals surface area (Å²) in [4.78, 5) is 12.3. The molecule has 0 fully saturated rings. The Morgan fingerprint density at radius 3 is 2.55 bits per heavy atom. The largest absolute Gasteiger partial charge is 0.493 e. The fourth-order valence-electron chi connectivity index (χ4n) is 3.71. The summed E-state index contributed by atoms with van der Waals surface area (Å²) in [5.74, 6) is -1.08. The van der Waals surface area contributed by atoms with E-state index in [9.17, 15) is 22.7 Å². The third-order valence-electron chi connectivity index (χ3n) is 5.65. The highest BCUT2D eigenvalue weighted by atomic mass is 19.4. The minimum Gasteiger partial charge on any atom is -0.493 e. The third-order valence-corrected chi connectivity index (χ3v) is 5.65. The highest BCUT2D eigenvalue weighted by molar-refractivity contribution is 5.91. The molecule has 2 unspecified atom stereocenters. The molecule has 2 atom stereocenters. The number of hydrogen-bond donors (Lipinski definition) is 1. The van der Waals surface area contributed by atoms with Gasteiger partial charge in [-0.3, -0.25) is 4.99 Å². The van der Waals surface area contributed by atoms with Crippen LogP contribution in [0.2, 0.25) is 0 Å². The van der Waals surface area contributed by atoms with E-state index in [1.807, 2.05) is 0 Å². The standard InChI is InChI=1S/C24H25F4N3O2/c1-5-16(17-10-9-14(2)21(25)22(17)33-4)11-23(32,24(26,27)28)13-30-19-7-6-8-20-18(19)12-29-15(3)31-20/h6-10,12-13,16,32H,5,11H2,1-4H3. The van der Waals surface area contributed by atoms with Crippen molar-refractivity contribution in [2.75, 3.05) is 7.11 Å². The van der Waals surface area contributed by atoms with Crippen molar-refractivity contribution in [1.29, 1.82) is 0 Å². The Balaban J connectivity index is 2.03. The van der Waals surface area contributed by atoms with Gasteiger partial charge in [0.25, 0.3) is 0 Å². The molecule has 1 N–H and O–H groups in total. The molecule has 0 saturated heterocycles. The first kappa shape index (κ1) is 24.6. The lowest BCUT2D eigenvalue weighted by atomic mass is 9.83. The van der Waals surface area contributed by atoms with Gasteiger partial charge in [-0.25, -0.2) is 14.4 Å². The average molecular weight is 463 g/mol. The number of nitrogens with zero attached hydrogens (tertiary/aromatic N) is 3. The predicted octanol–water partition coefficient (Wildman–Crippen LogP) is 5.97. The van der Waals surface area contributed by atoms with E-state index in [2.05, 4.69) is 15.0 Å². The molecule has 0 amide bonds. The molecule has 3 rings (SSSR count). The molecule has 0 bridgehead atoms. The molecule has 3 aromatic rings. The van der Waals surface area contributed by atoms with E-state index in [1.54, 1.807) is 26.0 Å². The maximum absolute atomic E-state index is 14.5. The second-order valence-electron chi connectivity index (χ2n) is 7.94. The normalized spacial score (nSPS) is 15.1. The molecule has 0 saturated carbocycles. The maximum atomic E-state index is 14.5. The van der Waals surface area contributed by atoms with Crippen LogP contribution in [0.5, 0.6) is 5.75 Å². The Kier molecular flexibility index (Phi) is 7.02. The van der Waals surface area contributed by atoms with Gasteiger partial charge in [-0.05, 0) is 50.3 Å². The molecule has 5 nitrogen and oxygen atoms in total. The molecule has 2 aromatic carbocycles. The van der Waals surface area contributed by atoms with Crippen LogP contribution in [0.15, 0.2) is 41.5 Å². The van der Waals surface area contributed by atoms with E-state index in [1.165, 1.54) is 38.4 Å². The molecule has 1 aromatic heterocycles. The van der Waals surface area contributed by atoms with Crippen molar-refractivity contribution in [3.63, 3.8) is 0 Å². The summed E-state index contributed by atoms with van der Waals surface area (Å²) < 4.78 is 61.8. The molecule has 0 radical (unpaired) electrons. The van der Waals surface area contributed by atoms with E-state index in [-0.39, 0.29) is 23.4 Å². The number of halogens is 4.